The van der Waals surface area contributed by atoms with E-state index in [1.165, 1.54) is 0 Å². The molecule has 0 saturated heterocycles. The van der Waals surface area contributed by atoms with Crippen LogP contribution in [0, 0.1) is 6.92 Å². The van der Waals surface area contributed by atoms with E-state index in [0.29, 0.717) is 6.61 Å². The quantitative estimate of drug-likeness (QED) is 0.739. The first-order chi connectivity index (χ1) is 10.2. The van der Waals surface area contributed by atoms with Crippen LogP contribution in [-0.2, 0) is 10.3 Å². The number of ether oxygens (including phenoxy) is 1. The summed E-state index contributed by atoms with van der Waals surface area (Å²) in [5.74, 6) is -0.240. The number of halogens is 1. The smallest absolute Gasteiger partial charge is 0.170 e. The predicted octanol–water partition coefficient (Wildman–Crippen LogP) is 4.63. The summed E-state index contributed by atoms with van der Waals surface area (Å²) in [6.07, 6.45) is 3.59. The first-order valence-corrected chi connectivity index (χ1v) is 7.10. The Balaban J connectivity index is 2.00. The van der Waals surface area contributed by atoms with Crippen molar-refractivity contribution in [2.24, 2.45) is 0 Å². The Bertz CT molecular complexity index is 788. The minimum atomic E-state index is -1.07. The van der Waals surface area contributed by atoms with Gasteiger partial charge in [0.05, 0.1) is 6.61 Å². The molecule has 104 valence electrons. The Morgan fingerprint density at radius 2 is 1.95 bits per heavy atom. The zero-order chi connectivity index (χ0) is 14.4. The molecule has 0 amide bonds. The molecule has 0 radical (unpaired) electrons. The zero-order valence-electron chi connectivity index (χ0n) is 11.8. The van der Waals surface area contributed by atoms with Crippen LogP contribution in [0.25, 0.3) is 11.6 Å². The van der Waals surface area contributed by atoms with Gasteiger partial charge in [-0.25, -0.2) is 4.39 Å². The maximum Gasteiger partial charge on any atom is 0.170 e. The molecule has 2 aromatic rings. The number of benzene rings is 2. The van der Waals surface area contributed by atoms with Crippen molar-refractivity contribution in [1.82, 2.24) is 0 Å². The van der Waals surface area contributed by atoms with Gasteiger partial charge in [0.2, 0.25) is 0 Å². The van der Waals surface area contributed by atoms with E-state index in [0.717, 1.165) is 27.8 Å². The molecule has 1 heterocycles. The molecule has 4 rings (SSSR count). The highest BCUT2D eigenvalue weighted by atomic mass is 19.1. The second-order valence-electron chi connectivity index (χ2n) is 5.56. The summed E-state index contributed by atoms with van der Waals surface area (Å²) in [6, 6.07) is 15.8. The molecule has 1 unspecified atom stereocenters. The van der Waals surface area contributed by atoms with Crippen molar-refractivity contribution < 1.29 is 9.13 Å². The molecule has 2 heteroatoms. The van der Waals surface area contributed by atoms with E-state index in [4.69, 9.17) is 4.74 Å². The monoisotopic (exact) mass is 278 g/mol. The van der Waals surface area contributed by atoms with E-state index in [1.807, 2.05) is 61.5 Å². The molecule has 0 bridgehead atoms. The highest BCUT2D eigenvalue weighted by Crippen LogP contribution is 2.53. The average Bonchev–Trinajstić information content (AvgIpc) is 2.94. The Labute approximate surface area is 123 Å². The average molecular weight is 278 g/mol. The van der Waals surface area contributed by atoms with Crippen LogP contribution in [-0.4, -0.2) is 6.61 Å². The molecule has 2 aromatic carbocycles. The summed E-state index contributed by atoms with van der Waals surface area (Å²) in [4.78, 5) is 0. The van der Waals surface area contributed by atoms with Gasteiger partial charge in [-0.2, -0.15) is 0 Å². The molecular formula is C19H15FO. The molecule has 0 fully saturated rings. The van der Waals surface area contributed by atoms with E-state index in [1.54, 1.807) is 6.08 Å². The third-order valence-corrected chi connectivity index (χ3v) is 4.26. The highest BCUT2D eigenvalue weighted by molar-refractivity contribution is 5.88. The van der Waals surface area contributed by atoms with Gasteiger partial charge in [-0.3, -0.25) is 0 Å². The lowest BCUT2D eigenvalue weighted by molar-refractivity contribution is 0.0427. The third kappa shape index (κ3) is 1.66. The van der Waals surface area contributed by atoms with Crippen LogP contribution < -0.4 is 0 Å². The Hall–Kier alpha value is -2.19. The van der Waals surface area contributed by atoms with Crippen LogP contribution in [0.3, 0.4) is 0 Å². The summed E-state index contributed by atoms with van der Waals surface area (Å²) in [6.45, 7) is 2.44. The summed E-state index contributed by atoms with van der Waals surface area (Å²) >= 11 is 0. The van der Waals surface area contributed by atoms with E-state index < -0.39 is 5.60 Å². The molecule has 0 spiro atoms. The number of hydrogen-bond donors (Lipinski definition) is 0. The minimum absolute atomic E-state index is 0.240. The van der Waals surface area contributed by atoms with Crippen molar-refractivity contribution in [2.75, 3.05) is 6.61 Å². The van der Waals surface area contributed by atoms with Crippen molar-refractivity contribution >= 4 is 11.6 Å². The van der Waals surface area contributed by atoms with Gasteiger partial charge >= 0.3 is 0 Å². The summed E-state index contributed by atoms with van der Waals surface area (Å²) in [7, 11) is 0. The molecule has 1 atom stereocenters. The van der Waals surface area contributed by atoms with Crippen LogP contribution in [0.2, 0.25) is 0 Å². The normalized spacial score (nSPS) is 23.1. The summed E-state index contributed by atoms with van der Waals surface area (Å²) in [5.41, 5.74) is 3.77. The van der Waals surface area contributed by atoms with Gasteiger partial charge < -0.3 is 4.74 Å². The number of aryl methyl sites for hydroxylation is 1. The fourth-order valence-corrected chi connectivity index (χ4v) is 3.32. The lowest BCUT2D eigenvalue weighted by atomic mass is 9.76. The van der Waals surface area contributed by atoms with Gasteiger partial charge in [0.1, 0.15) is 5.83 Å². The maximum atomic E-state index is 15.0. The van der Waals surface area contributed by atoms with Gasteiger partial charge in [0.15, 0.2) is 5.60 Å². The topological polar surface area (TPSA) is 9.23 Å². The SMILES string of the molecule is Cc1cccc(C23OCC=C2c2ccccc2C=C3F)c1. The predicted molar refractivity (Wildman–Crippen MR) is 82.3 cm³/mol. The zero-order valence-corrected chi connectivity index (χ0v) is 11.8. The Kier molecular flexibility index (Phi) is 2.63. The van der Waals surface area contributed by atoms with E-state index in [2.05, 4.69) is 0 Å². The Morgan fingerprint density at radius 1 is 1.10 bits per heavy atom. The fourth-order valence-electron chi connectivity index (χ4n) is 3.32. The van der Waals surface area contributed by atoms with Crippen LogP contribution in [0.15, 0.2) is 60.4 Å². The molecule has 1 aliphatic heterocycles. The fraction of sp³-hybridized carbons (Fsp3) is 0.158. The van der Waals surface area contributed by atoms with Crippen molar-refractivity contribution in [3.8, 4) is 0 Å². The molecule has 21 heavy (non-hydrogen) atoms. The molecule has 0 aromatic heterocycles. The Morgan fingerprint density at radius 3 is 2.81 bits per heavy atom. The molecule has 0 saturated carbocycles. The van der Waals surface area contributed by atoms with Gasteiger partial charge in [0, 0.05) is 5.57 Å². The van der Waals surface area contributed by atoms with Crippen molar-refractivity contribution in [3.63, 3.8) is 0 Å². The molecule has 2 aliphatic rings. The standard InChI is InChI=1S/C19H15FO/c1-13-5-4-7-15(11-13)19-17(9-10-21-19)16-8-3-2-6-14(16)12-18(19)20/h2-9,11-12H,10H2,1H3. The lowest BCUT2D eigenvalue weighted by Gasteiger charge is -2.35. The van der Waals surface area contributed by atoms with Gasteiger partial charge in [-0.1, -0.05) is 60.2 Å². The second kappa shape index (κ2) is 4.40. The van der Waals surface area contributed by atoms with Crippen molar-refractivity contribution in [1.29, 1.82) is 0 Å². The van der Waals surface area contributed by atoms with Crippen LogP contribution in [0.4, 0.5) is 4.39 Å². The molecule has 1 aliphatic carbocycles. The van der Waals surface area contributed by atoms with Gasteiger partial charge in [-0.15, -0.1) is 0 Å². The maximum absolute atomic E-state index is 15.0. The van der Waals surface area contributed by atoms with E-state index in [-0.39, 0.29) is 5.83 Å². The first kappa shape index (κ1) is 12.5. The number of hydrogen-bond acceptors (Lipinski definition) is 1. The van der Waals surface area contributed by atoms with Crippen molar-refractivity contribution in [2.45, 2.75) is 12.5 Å². The lowest BCUT2D eigenvalue weighted by Crippen LogP contribution is -2.31. The second-order valence-corrected chi connectivity index (χ2v) is 5.56. The van der Waals surface area contributed by atoms with Crippen molar-refractivity contribution in [3.05, 3.63) is 82.7 Å². The molecule has 0 N–H and O–H groups in total. The van der Waals surface area contributed by atoms with Crippen LogP contribution in [0.1, 0.15) is 22.3 Å². The van der Waals surface area contributed by atoms with Gasteiger partial charge in [-0.05, 0) is 29.7 Å². The number of fused-ring (bicyclic) bond motifs is 3. The molecular weight excluding hydrogens is 263 g/mol. The highest BCUT2D eigenvalue weighted by Gasteiger charge is 2.48. The third-order valence-electron chi connectivity index (χ3n) is 4.26. The summed E-state index contributed by atoms with van der Waals surface area (Å²) in [5, 5.41) is 0. The summed E-state index contributed by atoms with van der Waals surface area (Å²) < 4.78 is 20.9. The van der Waals surface area contributed by atoms with Crippen LogP contribution in [0.5, 0.6) is 0 Å². The van der Waals surface area contributed by atoms with Crippen LogP contribution >= 0.6 is 0 Å². The molecule has 1 nitrogen and oxygen atoms in total. The van der Waals surface area contributed by atoms with Gasteiger partial charge in [0.25, 0.3) is 0 Å². The largest absolute Gasteiger partial charge is 0.354 e. The van der Waals surface area contributed by atoms with E-state index >= 15 is 0 Å². The number of rotatable bonds is 1. The minimum Gasteiger partial charge on any atom is -0.354 e. The first-order valence-electron chi connectivity index (χ1n) is 7.10. The van der Waals surface area contributed by atoms with E-state index in [9.17, 15) is 4.39 Å².